The Morgan fingerprint density at radius 2 is 1.88 bits per heavy atom. The van der Waals surface area contributed by atoms with E-state index in [9.17, 15) is 0 Å². The molecule has 0 aliphatic rings. The molecule has 0 atom stereocenters. The van der Waals surface area contributed by atoms with Crippen LogP contribution in [0.1, 0.15) is 16.0 Å². The van der Waals surface area contributed by atoms with Gasteiger partial charge in [-0.15, -0.1) is 11.3 Å². The number of ether oxygens (including phenoxy) is 1. The molecule has 17 heavy (non-hydrogen) atoms. The van der Waals surface area contributed by atoms with Gasteiger partial charge in [-0.25, -0.2) is 0 Å². The first-order chi connectivity index (χ1) is 8.06. The summed E-state index contributed by atoms with van der Waals surface area (Å²) in [6, 6.07) is 7.95. The van der Waals surface area contributed by atoms with Gasteiger partial charge in [0.15, 0.2) is 0 Å². The van der Waals surface area contributed by atoms with Crippen LogP contribution in [0.5, 0.6) is 5.75 Å². The van der Waals surface area contributed by atoms with Crippen molar-refractivity contribution in [3.8, 4) is 5.75 Å². The first kappa shape index (κ1) is 12.9. The molecule has 2 rings (SSSR count). The molecule has 90 valence electrons. The predicted octanol–water partition coefficient (Wildman–Crippen LogP) is 5.36. The minimum absolute atomic E-state index is 0.567. The van der Waals surface area contributed by atoms with E-state index in [1.165, 1.54) is 11.1 Å². The second-order valence-corrected chi connectivity index (χ2v) is 6.46. The fourth-order valence-electron chi connectivity index (χ4n) is 1.57. The van der Waals surface area contributed by atoms with Crippen LogP contribution < -0.4 is 4.74 Å². The normalized spacial score (nSPS) is 10.6. The quantitative estimate of drug-likeness (QED) is 0.735. The number of benzene rings is 1. The monoisotopic (exact) mass is 330 g/mol. The van der Waals surface area contributed by atoms with Crippen LogP contribution in [-0.2, 0) is 6.61 Å². The van der Waals surface area contributed by atoms with Crippen molar-refractivity contribution in [3.63, 3.8) is 0 Å². The predicted molar refractivity (Wildman–Crippen MR) is 77.3 cm³/mol. The van der Waals surface area contributed by atoms with Gasteiger partial charge in [-0.05, 0) is 49.2 Å². The molecule has 0 fully saturated rings. The van der Waals surface area contributed by atoms with Crippen LogP contribution in [0.3, 0.4) is 0 Å². The van der Waals surface area contributed by atoms with Gasteiger partial charge in [0.25, 0.3) is 0 Å². The largest absolute Gasteiger partial charge is 0.488 e. The smallest absolute Gasteiger partial charge is 0.122 e. The Hall–Kier alpha value is -0.510. The number of aryl methyl sites for hydroxylation is 2. The minimum Gasteiger partial charge on any atom is -0.488 e. The minimum atomic E-state index is 0.567. The summed E-state index contributed by atoms with van der Waals surface area (Å²) in [5.74, 6) is 0.896. The third-order valence-corrected chi connectivity index (χ3v) is 4.88. The second-order valence-electron chi connectivity index (χ2n) is 3.87. The molecule has 1 aromatic carbocycles. The summed E-state index contributed by atoms with van der Waals surface area (Å²) in [6.45, 7) is 4.69. The molecule has 0 unspecified atom stereocenters. The number of thiophene rings is 1. The maximum Gasteiger partial charge on any atom is 0.122 e. The van der Waals surface area contributed by atoms with Crippen LogP contribution in [0.2, 0.25) is 4.34 Å². The molecule has 0 spiro atoms. The lowest BCUT2D eigenvalue weighted by Gasteiger charge is -2.09. The third-order valence-electron chi connectivity index (χ3n) is 2.42. The van der Waals surface area contributed by atoms with E-state index in [4.69, 9.17) is 16.3 Å². The highest BCUT2D eigenvalue weighted by Gasteiger charge is 2.04. The maximum absolute atomic E-state index is 5.87. The zero-order chi connectivity index (χ0) is 12.4. The van der Waals surface area contributed by atoms with E-state index < -0.39 is 0 Å². The molecule has 0 saturated carbocycles. The van der Waals surface area contributed by atoms with Crippen LogP contribution in [0.15, 0.2) is 28.7 Å². The van der Waals surface area contributed by atoms with Crippen molar-refractivity contribution < 1.29 is 4.74 Å². The Balaban J connectivity index is 2.09. The van der Waals surface area contributed by atoms with Crippen molar-refractivity contribution in [2.45, 2.75) is 20.5 Å². The number of hydrogen-bond donors (Lipinski definition) is 0. The number of hydrogen-bond acceptors (Lipinski definition) is 2. The van der Waals surface area contributed by atoms with Gasteiger partial charge in [0, 0.05) is 9.35 Å². The number of rotatable bonds is 3. The molecule has 2 aromatic rings. The summed E-state index contributed by atoms with van der Waals surface area (Å²) in [5.41, 5.74) is 2.37. The highest BCUT2D eigenvalue weighted by atomic mass is 79.9. The van der Waals surface area contributed by atoms with E-state index in [1.807, 2.05) is 24.3 Å². The zero-order valence-electron chi connectivity index (χ0n) is 9.59. The first-order valence-electron chi connectivity index (χ1n) is 5.20. The van der Waals surface area contributed by atoms with E-state index in [0.717, 1.165) is 19.4 Å². The second kappa shape index (κ2) is 5.42. The Morgan fingerprint density at radius 1 is 1.24 bits per heavy atom. The van der Waals surface area contributed by atoms with Crippen molar-refractivity contribution in [3.05, 3.63) is 49.1 Å². The summed E-state index contributed by atoms with van der Waals surface area (Å²) in [5, 5.41) is 0. The van der Waals surface area contributed by atoms with Gasteiger partial charge in [-0.2, -0.15) is 0 Å². The summed E-state index contributed by atoms with van der Waals surface area (Å²) >= 11 is 11.0. The highest BCUT2D eigenvalue weighted by Crippen LogP contribution is 2.28. The summed E-state index contributed by atoms with van der Waals surface area (Å²) in [4.78, 5) is 1.13. The third kappa shape index (κ3) is 3.24. The molecule has 1 heterocycles. The lowest BCUT2D eigenvalue weighted by molar-refractivity contribution is 0.309. The molecule has 1 aromatic heterocycles. The van der Waals surface area contributed by atoms with Crippen LogP contribution in [0.25, 0.3) is 0 Å². The van der Waals surface area contributed by atoms with Gasteiger partial charge in [-0.3, -0.25) is 0 Å². The van der Waals surface area contributed by atoms with E-state index in [0.29, 0.717) is 6.61 Å². The van der Waals surface area contributed by atoms with Gasteiger partial charge < -0.3 is 4.74 Å². The average Bonchev–Trinajstić information content (AvgIpc) is 2.69. The van der Waals surface area contributed by atoms with Gasteiger partial charge in [-0.1, -0.05) is 27.5 Å². The van der Waals surface area contributed by atoms with Crippen LogP contribution in [-0.4, -0.2) is 0 Å². The first-order valence-corrected chi connectivity index (χ1v) is 7.19. The van der Waals surface area contributed by atoms with Gasteiger partial charge in [0.1, 0.15) is 12.4 Å². The summed E-state index contributed by atoms with van der Waals surface area (Å²) < 4.78 is 7.69. The van der Waals surface area contributed by atoms with Crippen molar-refractivity contribution in [2.75, 3.05) is 0 Å². The summed E-state index contributed by atoms with van der Waals surface area (Å²) in [7, 11) is 0. The Morgan fingerprint density at radius 3 is 2.41 bits per heavy atom. The van der Waals surface area contributed by atoms with Crippen molar-refractivity contribution in [1.82, 2.24) is 0 Å². The molecule has 0 aliphatic carbocycles. The van der Waals surface area contributed by atoms with Crippen molar-refractivity contribution in [1.29, 1.82) is 0 Å². The molecule has 0 radical (unpaired) electrons. The van der Waals surface area contributed by atoms with E-state index in [2.05, 4.69) is 29.8 Å². The Labute approximate surface area is 119 Å². The number of halogens is 2. The molecular formula is C13H12BrClOS. The standard InChI is InChI=1S/C13H12BrClOS/c1-8-5-10(6-9(2)13(8)14)16-7-11-3-4-12(15)17-11/h3-6H,7H2,1-2H3. The van der Waals surface area contributed by atoms with Gasteiger partial charge >= 0.3 is 0 Å². The maximum atomic E-state index is 5.87. The molecule has 4 heteroatoms. The highest BCUT2D eigenvalue weighted by molar-refractivity contribution is 9.10. The molecule has 0 aliphatic heterocycles. The Kier molecular flexibility index (Phi) is 4.13. The van der Waals surface area contributed by atoms with E-state index >= 15 is 0 Å². The van der Waals surface area contributed by atoms with Crippen molar-refractivity contribution in [2.24, 2.45) is 0 Å². The average molecular weight is 332 g/mol. The SMILES string of the molecule is Cc1cc(OCc2ccc(Cl)s2)cc(C)c1Br. The van der Waals surface area contributed by atoms with Crippen LogP contribution in [0, 0.1) is 13.8 Å². The fraction of sp³-hybridized carbons (Fsp3) is 0.231. The molecule has 0 saturated heterocycles. The zero-order valence-corrected chi connectivity index (χ0v) is 12.7. The van der Waals surface area contributed by atoms with Crippen LogP contribution in [0.4, 0.5) is 0 Å². The van der Waals surface area contributed by atoms with E-state index in [1.54, 1.807) is 11.3 Å². The van der Waals surface area contributed by atoms with Crippen LogP contribution >= 0.6 is 38.9 Å². The summed E-state index contributed by atoms with van der Waals surface area (Å²) in [6.07, 6.45) is 0. The van der Waals surface area contributed by atoms with Gasteiger partial charge in [0.05, 0.1) is 4.34 Å². The van der Waals surface area contributed by atoms with Crippen molar-refractivity contribution >= 4 is 38.9 Å². The molecule has 0 amide bonds. The lowest BCUT2D eigenvalue weighted by atomic mass is 10.1. The molecule has 1 nitrogen and oxygen atoms in total. The Bertz CT molecular complexity index is 513. The lowest BCUT2D eigenvalue weighted by Crippen LogP contribution is -1.94. The van der Waals surface area contributed by atoms with E-state index in [-0.39, 0.29) is 0 Å². The fourth-order valence-corrected chi connectivity index (χ4v) is 2.80. The molecule has 0 bridgehead atoms. The van der Waals surface area contributed by atoms with Gasteiger partial charge in [0.2, 0.25) is 0 Å². The molecule has 0 N–H and O–H groups in total. The topological polar surface area (TPSA) is 9.23 Å². The molecular weight excluding hydrogens is 320 g/mol.